The first-order valence-corrected chi connectivity index (χ1v) is 4.28. The van der Waals surface area contributed by atoms with E-state index < -0.39 is 0 Å². The lowest BCUT2D eigenvalue weighted by Gasteiger charge is -1.89. The Morgan fingerprint density at radius 3 is 3.07 bits per heavy atom. The van der Waals surface area contributed by atoms with Gasteiger partial charge in [-0.2, -0.15) is 0 Å². The molecule has 0 spiro atoms. The van der Waals surface area contributed by atoms with Crippen molar-refractivity contribution in [2.24, 2.45) is 0 Å². The zero-order valence-electron chi connectivity index (χ0n) is 7.67. The SMILES string of the molecule is CC(=O)Cc1cc2cc(F)cnc2[nH]1. The quantitative estimate of drug-likeness (QED) is 0.789. The Balaban J connectivity index is 2.46. The van der Waals surface area contributed by atoms with Crippen molar-refractivity contribution >= 4 is 16.8 Å². The number of H-pyrrole nitrogens is 1. The highest BCUT2D eigenvalue weighted by Gasteiger charge is 2.04. The summed E-state index contributed by atoms with van der Waals surface area (Å²) >= 11 is 0. The van der Waals surface area contributed by atoms with Gasteiger partial charge in [0.2, 0.25) is 0 Å². The maximum Gasteiger partial charge on any atom is 0.142 e. The molecular formula is C10H9FN2O. The molecule has 0 aliphatic heterocycles. The Kier molecular flexibility index (Phi) is 2.04. The molecule has 0 aliphatic rings. The summed E-state index contributed by atoms with van der Waals surface area (Å²) in [5.41, 5.74) is 1.38. The fourth-order valence-corrected chi connectivity index (χ4v) is 1.41. The van der Waals surface area contributed by atoms with Crippen LogP contribution in [0.15, 0.2) is 18.3 Å². The number of ketones is 1. The van der Waals surface area contributed by atoms with E-state index in [-0.39, 0.29) is 11.6 Å². The van der Waals surface area contributed by atoms with Gasteiger partial charge in [-0.15, -0.1) is 0 Å². The number of nitrogens with zero attached hydrogens (tertiary/aromatic N) is 1. The van der Waals surface area contributed by atoms with Crippen LogP contribution in [-0.4, -0.2) is 15.8 Å². The third-order valence-electron chi connectivity index (χ3n) is 1.93. The first-order chi connectivity index (χ1) is 6.65. The third kappa shape index (κ3) is 1.64. The number of hydrogen-bond donors (Lipinski definition) is 1. The van der Waals surface area contributed by atoms with Crippen LogP contribution in [0.25, 0.3) is 11.0 Å². The molecular weight excluding hydrogens is 183 g/mol. The molecule has 4 heteroatoms. The highest BCUT2D eigenvalue weighted by molar-refractivity contribution is 5.81. The van der Waals surface area contributed by atoms with Gasteiger partial charge in [0.25, 0.3) is 0 Å². The summed E-state index contributed by atoms with van der Waals surface area (Å²) < 4.78 is 12.8. The van der Waals surface area contributed by atoms with E-state index in [0.717, 1.165) is 11.9 Å². The maximum absolute atomic E-state index is 12.8. The van der Waals surface area contributed by atoms with Gasteiger partial charge in [0, 0.05) is 17.5 Å². The molecule has 0 atom stereocenters. The Labute approximate surface area is 80.0 Å². The summed E-state index contributed by atoms with van der Waals surface area (Å²) in [6, 6.07) is 3.13. The van der Waals surface area contributed by atoms with Gasteiger partial charge in [0.05, 0.1) is 6.20 Å². The average molecular weight is 192 g/mol. The number of aromatic amines is 1. The van der Waals surface area contributed by atoms with E-state index in [9.17, 15) is 9.18 Å². The molecule has 2 heterocycles. The van der Waals surface area contributed by atoms with E-state index in [2.05, 4.69) is 9.97 Å². The van der Waals surface area contributed by atoms with Crippen molar-refractivity contribution < 1.29 is 9.18 Å². The van der Waals surface area contributed by atoms with Crippen molar-refractivity contribution in [3.8, 4) is 0 Å². The number of hydrogen-bond acceptors (Lipinski definition) is 2. The molecule has 0 fully saturated rings. The molecule has 0 saturated heterocycles. The maximum atomic E-state index is 12.8. The number of Topliss-reactive ketones (excluding diaryl/α,β-unsaturated/α-hetero) is 1. The van der Waals surface area contributed by atoms with Crippen molar-refractivity contribution in [2.75, 3.05) is 0 Å². The van der Waals surface area contributed by atoms with Crippen LogP contribution >= 0.6 is 0 Å². The summed E-state index contributed by atoms with van der Waals surface area (Å²) in [6.07, 6.45) is 1.48. The van der Waals surface area contributed by atoms with Crippen LogP contribution in [0.3, 0.4) is 0 Å². The number of nitrogens with one attached hydrogen (secondary N) is 1. The molecule has 2 rings (SSSR count). The Morgan fingerprint density at radius 2 is 2.36 bits per heavy atom. The van der Waals surface area contributed by atoms with Gasteiger partial charge in [-0.25, -0.2) is 9.37 Å². The number of aromatic nitrogens is 2. The van der Waals surface area contributed by atoms with Gasteiger partial charge in [-0.3, -0.25) is 4.79 Å². The van der Waals surface area contributed by atoms with E-state index in [4.69, 9.17) is 0 Å². The number of carbonyl (C=O) groups excluding carboxylic acids is 1. The smallest absolute Gasteiger partial charge is 0.142 e. The number of fused-ring (bicyclic) bond motifs is 1. The molecule has 0 aliphatic carbocycles. The van der Waals surface area contributed by atoms with Crippen molar-refractivity contribution in [2.45, 2.75) is 13.3 Å². The lowest BCUT2D eigenvalue weighted by atomic mass is 10.2. The van der Waals surface area contributed by atoms with Crippen LogP contribution in [0.1, 0.15) is 12.6 Å². The standard InChI is InChI=1S/C10H9FN2O/c1-6(14)2-9-4-7-3-8(11)5-12-10(7)13-9/h3-5H,2H2,1H3,(H,12,13). The highest BCUT2D eigenvalue weighted by atomic mass is 19.1. The summed E-state index contributed by atoms with van der Waals surface area (Å²) in [5.74, 6) is -0.303. The second kappa shape index (κ2) is 3.21. The lowest BCUT2D eigenvalue weighted by Crippen LogP contribution is -1.95. The van der Waals surface area contributed by atoms with Crippen molar-refractivity contribution in [3.05, 3.63) is 29.8 Å². The second-order valence-electron chi connectivity index (χ2n) is 3.26. The minimum absolute atomic E-state index is 0.0667. The molecule has 0 saturated carbocycles. The first-order valence-electron chi connectivity index (χ1n) is 4.28. The highest BCUT2D eigenvalue weighted by Crippen LogP contribution is 2.14. The minimum Gasteiger partial charge on any atom is -0.343 e. The average Bonchev–Trinajstić information content (AvgIpc) is 2.44. The molecule has 2 aromatic rings. The molecule has 72 valence electrons. The normalized spacial score (nSPS) is 10.7. The van der Waals surface area contributed by atoms with Gasteiger partial charge in [-0.05, 0) is 19.1 Å². The van der Waals surface area contributed by atoms with Gasteiger partial charge < -0.3 is 4.98 Å². The third-order valence-corrected chi connectivity index (χ3v) is 1.93. The van der Waals surface area contributed by atoms with Crippen LogP contribution in [-0.2, 0) is 11.2 Å². The molecule has 1 N–H and O–H groups in total. The zero-order chi connectivity index (χ0) is 10.1. The Bertz CT molecular complexity index is 490. The molecule has 0 radical (unpaired) electrons. The van der Waals surface area contributed by atoms with E-state index in [1.165, 1.54) is 13.0 Å². The number of carbonyl (C=O) groups is 1. The number of pyridine rings is 1. The summed E-state index contributed by atoms with van der Waals surface area (Å²) in [7, 11) is 0. The van der Waals surface area contributed by atoms with Crippen LogP contribution in [0, 0.1) is 5.82 Å². The van der Waals surface area contributed by atoms with Gasteiger partial charge >= 0.3 is 0 Å². The molecule has 0 bridgehead atoms. The largest absolute Gasteiger partial charge is 0.343 e. The Morgan fingerprint density at radius 1 is 1.57 bits per heavy atom. The predicted octanol–water partition coefficient (Wildman–Crippen LogP) is 1.83. The Hall–Kier alpha value is -1.71. The zero-order valence-corrected chi connectivity index (χ0v) is 7.67. The predicted molar refractivity (Wildman–Crippen MR) is 50.4 cm³/mol. The van der Waals surface area contributed by atoms with Gasteiger partial charge in [0.15, 0.2) is 0 Å². The first kappa shape index (κ1) is 8.87. The van der Waals surface area contributed by atoms with E-state index in [1.807, 2.05) is 0 Å². The summed E-state index contributed by atoms with van der Waals surface area (Å²) in [4.78, 5) is 17.7. The van der Waals surface area contributed by atoms with Crippen LogP contribution < -0.4 is 0 Å². The topological polar surface area (TPSA) is 45.8 Å². The van der Waals surface area contributed by atoms with Crippen LogP contribution in [0.5, 0.6) is 0 Å². The van der Waals surface area contributed by atoms with Crippen LogP contribution in [0.4, 0.5) is 4.39 Å². The number of rotatable bonds is 2. The molecule has 2 aromatic heterocycles. The molecule has 14 heavy (non-hydrogen) atoms. The molecule has 0 aromatic carbocycles. The second-order valence-corrected chi connectivity index (χ2v) is 3.26. The fourth-order valence-electron chi connectivity index (χ4n) is 1.41. The van der Waals surface area contributed by atoms with E-state index >= 15 is 0 Å². The summed E-state index contributed by atoms with van der Waals surface area (Å²) in [5, 5.41) is 0.696. The fraction of sp³-hybridized carbons (Fsp3) is 0.200. The number of halogens is 1. The molecule has 0 unspecified atom stereocenters. The van der Waals surface area contributed by atoms with E-state index in [0.29, 0.717) is 17.5 Å². The molecule has 0 amide bonds. The van der Waals surface area contributed by atoms with Crippen molar-refractivity contribution in [3.63, 3.8) is 0 Å². The van der Waals surface area contributed by atoms with Crippen molar-refractivity contribution in [1.29, 1.82) is 0 Å². The van der Waals surface area contributed by atoms with Crippen molar-refractivity contribution in [1.82, 2.24) is 9.97 Å². The monoisotopic (exact) mass is 192 g/mol. The van der Waals surface area contributed by atoms with Crippen LogP contribution in [0.2, 0.25) is 0 Å². The molecule has 3 nitrogen and oxygen atoms in total. The minimum atomic E-state index is -0.370. The van der Waals surface area contributed by atoms with Gasteiger partial charge in [-0.1, -0.05) is 0 Å². The lowest BCUT2D eigenvalue weighted by molar-refractivity contribution is -0.116. The van der Waals surface area contributed by atoms with Gasteiger partial charge in [0.1, 0.15) is 17.2 Å². The summed E-state index contributed by atoms with van der Waals surface area (Å²) in [6.45, 7) is 1.51. The van der Waals surface area contributed by atoms with E-state index in [1.54, 1.807) is 6.07 Å².